The van der Waals surface area contributed by atoms with E-state index in [2.05, 4.69) is 10.6 Å². The summed E-state index contributed by atoms with van der Waals surface area (Å²) in [5, 5.41) is 47.2. The second-order valence-electron chi connectivity index (χ2n) is 12.8. The van der Waals surface area contributed by atoms with E-state index in [1.807, 2.05) is 9.24 Å². The molecule has 0 saturated carbocycles. The fraction of sp³-hybridized carbons (Fsp3) is 0.333. The van der Waals surface area contributed by atoms with Crippen molar-refractivity contribution in [3.05, 3.63) is 75.3 Å². The lowest BCUT2D eigenvalue weighted by Crippen LogP contribution is -2.57. The van der Waals surface area contributed by atoms with Gasteiger partial charge >= 0.3 is 6.03 Å². The molecule has 3 amide bonds. The molecule has 2 aromatic rings. The molecule has 0 aromatic heterocycles. The fourth-order valence-corrected chi connectivity index (χ4v) is 6.79. The molecule has 240 valence electrons. The van der Waals surface area contributed by atoms with Crippen LogP contribution < -0.4 is 16.4 Å². The number of aromatic hydroxyl groups is 1. The maximum Gasteiger partial charge on any atom is 0.323 e. The number of amides is 3. The normalized spacial score (nSPS) is 25.7. The SMILES string of the molecule is BC(B)(F)c1cc(NC(=O)Nc2ccc3c(c2O)C(=O)C2=C(O)[C@]4(O)C(=O)C(C(N)=O)=C(O)C[C@@H]4CC2[C@H]3C)cc(C(C)(F)P)c1. The molecule has 3 aliphatic rings. The second-order valence-corrected chi connectivity index (χ2v) is 13.8. The molecule has 0 radical (unpaired) electrons. The number of benzene rings is 2. The summed E-state index contributed by atoms with van der Waals surface area (Å²) in [6, 6.07) is 5.94. The number of urea groups is 1. The number of aliphatic hydroxyl groups is 3. The van der Waals surface area contributed by atoms with Gasteiger partial charge in [0.05, 0.1) is 16.7 Å². The molecule has 0 aliphatic heterocycles. The molecule has 16 heteroatoms. The Labute approximate surface area is 266 Å². The first kappa shape index (κ1) is 33.2. The molecule has 0 heterocycles. The van der Waals surface area contributed by atoms with E-state index in [0.717, 1.165) is 0 Å². The van der Waals surface area contributed by atoms with Crippen molar-refractivity contribution in [3.8, 4) is 5.75 Å². The Morgan fingerprint density at radius 2 is 1.72 bits per heavy atom. The van der Waals surface area contributed by atoms with Crippen LogP contribution in [0.25, 0.3) is 0 Å². The van der Waals surface area contributed by atoms with E-state index in [1.165, 1.54) is 52.9 Å². The Morgan fingerprint density at radius 1 is 1.09 bits per heavy atom. The molecule has 5 rings (SSSR count). The number of phenols is 1. The van der Waals surface area contributed by atoms with E-state index in [9.17, 15) is 48.4 Å². The van der Waals surface area contributed by atoms with E-state index in [4.69, 9.17) is 5.73 Å². The summed E-state index contributed by atoms with van der Waals surface area (Å²) in [6.07, 6.45) is -0.377. The molecule has 0 bridgehead atoms. The lowest BCUT2D eigenvalue weighted by Gasteiger charge is -2.47. The molecule has 3 unspecified atom stereocenters. The summed E-state index contributed by atoms with van der Waals surface area (Å²) in [7, 11) is 4.56. The summed E-state index contributed by atoms with van der Waals surface area (Å²) in [4.78, 5) is 51.9. The molecule has 3 aliphatic carbocycles. The number of anilines is 2. The minimum Gasteiger partial charge on any atom is -0.511 e. The maximum atomic E-state index is 14.8. The third kappa shape index (κ3) is 5.25. The number of rotatable bonds is 5. The van der Waals surface area contributed by atoms with E-state index in [0.29, 0.717) is 5.56 Å². The molecular weight excluding hydrogens is 621 g/mol. The standard InChI is InChI=1S/C30H32B2F2N3O8P/c1-10-15-3-4-17(37-27(44)36-14-6-11(28(2,33)46)5-13(7-14)30(31,32)34)22(39)19(15)23(40)20-16(10)8-12-9-18(38)21(26(35)43)25(42)29(12,45)24(20)41/h3-7,10,12,16,38-39,41,45H,8-9,31-32,46H2,1-2H3,(H2,35,43)(H2,36,37,44)/t10-,12-,16?,28?,29-/m0/s1. The first-order valence-electron chi connectivity index (χ1n) is 14.4. The first-order chi connectivity index (χ1) is 21.2. The van der Waals surface area contributed by atoms with Crippen molar-refractivity contribution in [2.75, 3.05) is 10.6 Å². The van der Waals surface area contributed by atoms with E-state index in [-0.39, 0.29) is 46.5 Å². The Bertz CT molecular complexity index is 1770. The number of aliphatic hydroxyl groups excluding tert-OH is 2. The topological polar surface area (TPSA) is 199 Å². The number of carbonyl (C=O) groups excluding carboxylic acids is 4. The quantitative estimate of drug-likeness (QED) is 0.110. The predicted molar refractivity (Wildman–Crippen MR) is 173 cm³/mol. The van der Waals surface area contributed by atoms with Gasteiger partial charge in [-0.1, -0.05) is 28.3 Å². The molecule has 2 aromatic carbocycles. The Balaban J connectivity index is 1.50. The van der Waals surface area contributed by atoms with E-state index >= 15 is 0 Å². The van der Waals surface area contributed by atoms with Crippen LogP contribution in [-0.4, -0.2) is 65.2 Å². The van der Waals surface area contributed by atoms with Gasteiger partial charge in [-0.25, -0.2) is 9.18 Å². The molecule has 8 N–H and O–H groups in total. The third-order valence-electron chi connectivity index (χ3n) is 9.13. The monoisotopic (exact) mass is 653 g/mol. The minimum absolute atomic E-state index is 0.0296. The number of phenolic OH excluding ortho intramolecular Hbond substituents is 1. The van der Waals surface area contributed by atoms with Gasteiger partial charge in [-0.15, -0.1) is 0 Å². The summed E-state index contributed by atoms with van der Waals surface area (Å²) in [5.41, 5.74) is -0.466. The predicted octanol–water partition coefficient (Wildman–Crippen LogP) is 2.15. The molecule has 0 spiro atoms. The van der Waals surface area contributed by atoms with E-state index < -0.39 is 80.6 Å². The third-order valence-corrected chi connectivity index (χ3v) is 9.46. The average Bonchev–Trinajstić information content (AvgIpc) is 2.93. The maximum absolute atomic E-state index is 14.8. The summed E-state index contributed by atoms with van der Waals surface area (Å²) in [5.74, 6) is -8.19. The van der Waals surface area contributed by atoms with Gasteiger partial charge in [0.25, 0.3) is 5.91 Å². The number of Topliss-reactive ketones (excluding diaryl/α,β-unsaturated/α-hetero) is 2. The highest BCUT2D eigenvalue weighted by atomic mass is 31.0. The highest BCUT2D eigenvalue weighted by molar-refractivity contribution is 7.18. The highest BCUT2D eigenvalue weighted by Gasteiger charge is 2.60. The molecule has 46 heavy (non-hydrogen) atoms. The molecule has 0 fully saturated rings. The van der Waals surface area contributed by atoms with Crippen LogP contribution in [0.15, 0.2) is 53.0 Å². The van der Waals surface area contributed by atoms with Crippen LogP contribution in [0.5, 0.6) is 5.75 Å². The number of alkyl halides is 2. The number of ketones is 2. The first-order valence-corrected chi connectivity index (χ1v) is 15.0. The van der Waals surface area contributed by atoms with Crippen molar-refractivity contribution in [3.63, 3.8) is 0 Å². The number of allylic oxidation sites excluding steroid dienone is 2. The Kier molecular flexibility index (Phi) is 7.89. The van der Waals surface area contributed by atoms with Crippen LogP contribution in [0.2, 0.25) is 0 Å². The largest absolute Gasteiger partial charge is 0.511 e. The Morgan fingerprint density at radius 3 is 2.30 bits per heavy atom. The number of nitrogens with two attached hydrogens (primary N) is 1. The number of carbonyl (C=O) groups is 4. The smallest absolute Gasteiger partial charge is 0.323 e. The van der Waals surface area contributed by atoms with Gasteiger partial charge < -0.3 is 36.8 Å². The van der Waals surface area contributed by atoms with Crippen LogP contribution in [0, 0.1) is 11.8 Å². The van der Waals surface area contributed by atoms with Crippen molar-refractivity contribution in [2.24, 2.45) is 17.6 Å². The Hall–Kier alpha value is -4.22. The number of hydrogen-bond acceptors (Lipinski definition) is 8. The van der Waals surface area contributed by atoms with Crippen molar-refractivity contribution in [2.45, 2.75) is 49.1 Å². The van der Waals surface area contributed by atoms with Crippen LogP contribution in [0.3, 0.4) is 0 Å². The zero-order valence-corrected chi connectivity index (χ0v) is 26.5. The van der Waals surface area contributed by atoms with Crippen LogP contribution in [0.4, 0.5) is 25.0 Å². The molecule has 0 saturated heterocycles. The summed E-state index contributed by atoms with van der Waals surface area (Å²) in [6.45, 7) is 2.96. The lowest BCUT2D eigenvalue weighted by atomic mass is 9.58. The molecular formula is C30H32B2F2N3O8P. The molecule has 11 nitrogen and oxygen atoms in total. The van der Waals surface area contributed by atoms with Crippen molar-refractivity contribution >= 4 is 59.8 Å². The van der Waals surface area contributed by atoms with Crippen molar-refractivity contribution in [1.82, 2.24) is 0 Å². The highest BCUT2D eigenvalue weighted by Crippen LogP contribution is 2.55. The average molecular weight is 653 g/mol. The number of hydrogen-bond donors (Lipinski definition) is 7. The van der Waals surface area contributed by atoms with Gasteiger partial charge in [0.2, 0.25) is 5.78 Å². The minimum atomic E-state index is -2.71. The summed E-state index contributed by atoms with van der Waals surface area (Å²) < 4.78 is 29.5. The number of halogens is 2. The second kappa shape index (κ2) is 10.9. The number of nitrogens with one attached hydrogen (secondary N) is 2. The summed E-state index contributed by atoms with van der Waals surface area (Å²) >= 11 is 0. The van der Waals surface area contributed by atoms with Crippen molar-refractivity contribution in [1.29, 1.82) is 0 Å². The fourth-order valence-electron chi connectivity index (χ4n) is 6.62. The van der Waals surface area contributed by atoms with Gasteiger partial charge in [-0.05, 0) is 60.1 Å². The van der Waals surface area contributed by atoms with Gasteiger partial charge in [0, 0.05) is 23.6 Å². The van der Waals surface area contributed by atoms with E-state index in [1.54, 1.807) is 6.92 Å². The number of fused-ring (bicyclic) bond motifs is 3. The molecule has 6 atom stereocenters. The van der Waals surface area contributed by atoms with Crippen LogP contribution >= 0.6 is 9.24 Å². The van der Waals surface area contributed by atoms with Gasteiger partial charge in [0.1, 0.15) is 38.2 Å². The lowest BCUT2D eigenvalue weighted by molar-refractivity contribution is -0.144. The van der Waals surface area contributed by atoms with Gasteiger partial charge in [0.15, 0.2) is 17.1 Å². The number of primary amides is 1. The van der Waals surface area contributed by atoms with Crippen molar-refractivity contribution < 1.29 is 48.4 Å². The zero-order valence-electron chi connectivity index (χ0n) is 25.4. The zero-order chi connectivity index (χ0) is 34.3. The van der Waals surface area contributed by atoms with Crippen LogP contribution in [-0.2, 0) is 20.5 Å². The van der Waals surface area contributed by atoms with Crippen LogP contribution in [0.1, 0.15) is 59.7 Å². The van der Waals surface area contributed by atoms with Gasteiger partial charge in [-0.2, -0.15) is 0 Å². The van der Waals surface area contributed by atoms with Gasteiger partial charge in [-0.3, -0.25) is 18.8 Å².